The van der Waals surface area contributed by atoms with Gasteiger partial charge in [0.15, 0.2) is 0 Å². The molecule has 1 heterocycles. The lowest BCUT2D eigenvalue weighted by atomic mass is 9.93. The summed E-state index contributed by atoms with van der Waals surface area (Å²) < 4.78 is 19.1. The fourth-order valence-electron chi connectivity index (χ4n) is 3.02. The number of hydrogen-bond acceptors (Lipinski definition) is 3. The number of halogens is 1. The third kappa shape index (κ3) is 6.00. The third-order valence-corrected chi connectivity index (χ3v) is 4.52. The molecule has 0 aromatic heterocycles. The number of carbonyl (C=O) groups excluding carboxylic acids is 2. The first kappa shape index (κ1) is 20.2. The van der Waals surface area contributed by atoms with Gasteiger partial charge in [0.05, 0.1) is 0 Å². The topological polar surface area (TPSA) is 49.9 Å². The first-order valence-electron chi connectivity index (χ1n) is 9.11. The Morgan fingerprint density at radius 2 is 1.85 bits per heavy atom. The highest BCUT2D eigenvalue weighted by Crippen LogP contribution is 2.23. The molecule has 6 heteroatoms. The fourth-order valence-corrected chi connectivity index (χ4v) is 3.02. The molecule has 0 radical (unpaired) electrons. The Balaban J connectivity index is 1.79. The van der Waals surface area contributed by atoms with E-state index in [-0.39, 0.29) is 30.3 Å². The molecule has 1 aromatic rings. The normalized spacial score (nSPS) is 15.7. The first-order chi connectivity index (χ1) is 12.2. The molecule has 5 nitrogen and oxygen atoms in total. The molecule has 26 heavy (non-hydrogen) atoms. The van der Waals surface area contributed by atoms with Crippen molar-refractivity contribution >= 4 is 12.0 Å². The van der Waals surface area contributed by atoms with Crippen molar-refractivity contribution in [3.63, 3.8) is 0 Å². The van der Waals surface area contributed by atoms with E-state index in [1.165, 1.54) is 6.07 Å². The second-order valence-corrected chi connectivity index (χ2v) is 7.96. The standard InChI is InChI=1S/C20H29FN2O3/c1-20(2,3)26-19(25)23-11-9-15(10-12-23)13-18(24)22(4)14-16-7-5-6-8-17(16)21/h5-8,15H,9-14H2,1-4H3. The molecule has 0 spiro atoms. The van der Waals surface area contributed by atoms with Crippen LogP contribution in [0.1, 0.15) is 45.6 Å². The Morgan fingerprint density at radius 3 is 2.42 bits per heavy atom. The summed E-state index contributed by atoms with van der Waals surface area (Å²) in [6, 6.07) is 6.50. The molecular formula is C20H29FN2O3. The lowest BCUT2D eigenvalue weighted by Crippen LogP contribution is -2.42. The predicted octanol–water partition coefficient (Wildman–Crippen LogP) is 3.82. The van der Waals surface area contributed by atoms with Crippen molar-refractivity contribution in [3.8, 4) is 0 Å². The van der Waals surface area contributed by atoms with Crippen molar-refractivity contribution in [1.29, 1.82) is 0 Å². The van der Waals surface area contributed by atoms with E-state index in [1.807, 2.05) is 20.8 Å². The quantitative estimate of drug-likeness (QED) is 0.816. The van der Waals surface area contributed by atoms with Crippen LogP contribution in [0.2, 0.25) is 0 Å². The lowest BCUT2D eigenvalue weighted by Gasteiger charge is -2.33. The Labute approximate surface area is 155 Å². The van der Waals surface area contributed by atoms with Gasteiger partial charge in [-0.3, -0.25) is 4.79 Å². The van der Waals surface area contributed by atoms with Gasteiger partial charge in [-0.15, -0.1) is 0 Å². The number of piperidine rings is 1. The first-order valence-corrected chi connectivity index (χ1v) is 9.11. The Kier molecular flexibility index (Phi) is 6.62. The zero-order valence-electron chi connectivity index (χ0n) is 16.1. The van der Waals surface area contributed by atoms with Gasteiger partial charge in [-0.2, -0.15) is 0 Å². The molecule has 0 saturated carbocycles. The minimum atomic E-state index is -0.501. The van der Waals surface area contributed by atoms with Crippen LogP contribution in [0.5, 0.6) is 0 Å². The number of carbonyl (C=O) groups is 2. The van der Waals surface area contributed by atoms with Gasteiger partial charge in [-0.1, -0.05) is 18.2 Å². The summed E-state index contributed by atoms with van der Waals surface area (Å²) in [7, 11) is 1.70. The molecule has 0 atom stereocenters. The van der Waals surface area contributed by atoms with Crippen LogP contribution in [0.4, 0.5) is 9.18 Å². The van der Waals surface area contributed by atoms with Gasteiger partial charge in [0.2, 0.25) is 5.91 Å². The van der Waals surface area contributed by atoms with Gasteiger partial charge >= 0.3 is 6.09 Å². The SMILES string of the molecule is CN(Cc1ccccc1F)C(=O)CC1CCN(C(=O)OC(C)(C)C)CC1. The van der Waals surface area contributed by atoms with E-state index in [0.29, 0.717) is 25.1 Å². The van der Waals surface area contributed by atoms with Gasteiger partial charge in [-0.25, -0.2) is 9.18 Å². The van der Waals surface area contributed by atoms with Crippen molar-refractivity contribution in [1.82, 2.24) is 9.80 Å². The van der Waals surface area contributed by atoms with Gasteiger partial charge in [0.25, 0.3) is 0 Å². The van der Waals surface area contributed by atoms with E-state index in [9.17, 15) is 14.0 Å². The van der Waals surface area contributed by atoms with Crippen LogP contribution in [-0.4, -0.2) is 47.5 Å². The molecule has 1 saturated heterocycles. The van der Waals surface area contributed by atoms with Crippen LogP contribution in [0.15, 0.2) is 24.3 Å². The summed E-state index contributed by atoms with van der Waals surface area (Å²) in [6.45, 7) is 7.02. The number of ether oxygens (including phenoxy) is 1. The highest BCUT2D eigenvalue weighted by molar-refractivity contribution is 5.76. The van der Waals surface area contributed by atoms with E-state index in [0.717, 1.165) is 12.8 Å². The number of nitrogens with zero attached hydrogens (tertiary/aromatic N) is 2. The Bertz CT molecular complexity index is 634. The van der Waals surface area contributed by atoms with E-state index in [2.05, 4.69) is 0 Å². The minimum Gasteiger partial charge on any atom is -0.444 e. The Hall–Kier alpha value is -2.11. The number of benzene rings is 1. The average molecular weight is 364 g/mol. The van der Waals surface area contributed by atoms with E-state index in [4.69, 9.17) is 4.74 Å². The lowest BCUT2D eigenvalue weighted by molar-refractivity contribution is -0.131. The van der Waals surface area contributed by atoms with Crippen molar-refractivity contribution in [2.45, 2.75) is 52.2 Å². The highest BCUT2D eigenvalue weighted by Gasteiger charge is 2.28. The average Bonchev–Trinajstić information content (AvgIpc) is 2.56. The summed E-state index contributed by atoms with van der Waals surface area (Å²) in [6.07, 6.45) is 1.68. The maximum atomic E-state index is 13.7. The molecule has 1 fully saturated rings. The molecule has 2 rings (SSSR count). The van der Waals surface area contributed by atoms with Gasteiger partial charge in [0, 0.05) is 38.7 Å². The summed E-state index contributed by atoms with van der Waals surface area (Å²) in [5.41, 5.74) is 0.0161. The van der Waals surface area contributed by atoms with Crippen LogP contribution in [-0.2, 0) is 16.1 Å². The second-order valence-electron chi connectivity index (χ2n) is 7.96. The molecule has 2 amide bonds. The molecule has 1 aliphatic heterocycles. The predicted molar refractivity (Wildman–Crippen MR) is 98.0 cm³/mol. The number of hydrogen-bond donors (Lipinski definition) is 0. The fraction of sp³-hybridized carbons (Fsp3) is 0.600. The van der Waals surface area contributed by atoms with Crippen molar-refractivity contribution in [3.05, 3.63) is 35.6 Å². The van der Waals surface area contributed by atoms with Crippen LogP contribution in [0, 0.1) is 11.7 Å². The second kappa shape index (κ2) is 8.52. The molecule has 0 aliphatic carbocycles. The maximum Gasteiger partial charge on any atom is 0.410 e. The van der Waals surface area contributed by atoms with Crippen LogP contribution >= 0.6 is 0 Å². The minimum absolute atomic E-state index is 0.00368. The Morgan fingerprint density at radius 1 is 1.23 bits per heavy atom. The zero-order valence-corrected chi connectivity index (χ0v) is 16.1. The van der Waals surface area contributed by atoms with E-state index < -0.39 is 5.60 Å². The van der Waals surface area contributed by atoms with Crippen LogP contribution in [0.3, 0.4) is 0 Å². The van der Waals surface area contributed by atoms with Crippen LogP contribution in [0.25, 0.3) is 0 Å². The molecule has 1 aliphatic rings. The molecule has 1 aromatic carbocycles. The highest BCUT2D eigenvalue weighted by atomic mass is 19.1. The van der Waals surface area contributed by atoms with Crippen molar-refractivity contribution < 1.29 is 18.7 Å². The number of rotatable bonds is 4. The summed E-state index contributed by atoms with van der Waals surface area (Å²) in [5, 5.41) is 0. The molecule has 144 valence electrons. The molecule has 0 unspecified atom stereocenters. The molecular weight excluding hydrogens is 335 g/mol. The van der Waals surface area contributed by atoms with Gasteiger partial charge in [-0.05, 0) is 45.6 Å². The van der Waals surface area contributed by atoms with Crippen molar-refractivity contribution in [2.24, 2.45) is 5.92 Å². The third-order valence-electron chi connectivity index (χ3n) is 4.52. The molecule has 0 bridgehead atoms. The van der Waals surface area contributed by atoms with E-state index in [1.54, 1.807) is 35.0 Å². The summed E-state index contributed by atoms with van der Waals surface area (Å²) >= 11 is 0. The summed E-state index contributed by atoms with van der Waals surface area (Å²) in [5.74, 6) is -0.0500. The smallest absolute Gasteiger partial charge is 0.410 e. The zero-order chi connectivity index (χ0) is 19.3. The number of likely N-dealkylation sites (tertiary alicyclic amines) is 1. The van der Waals surface area contributed by atoms with Crippen molar-refractivity contribution in [2.75, 3.05) is 20.1 Å². The monoisotopic (exact) mass is 364 g/mol. The maximum absolute atomic E-state index is 13.7. The molecule has 0 N–H and O–H groups in total. The number of amides is 2. The summed E-state index contributed by atoms with van der Waals surface area (Å²) in [4.78, 5) is 27.8. The van der Waals surface area contributed by atoms with Gasteiger partial charge in [0.1, 0.15) is 11.4 Å². The van der Waals surface area contributed by atoms with Gasteiger partial charge < -0.3 is 14.5 Å². The largest absolute Gasteiger partial charge is 0.444 e. The van der Waals surface area contributed by atoms with Crippen LogP contribution < -0.4 is 0 Å². The van der Waals surface area contributed by atoms with E-state index >= 15 is 0 Å².